The van der Waals surface area contributed by atoms with E-state index < -0.39 is 12.0 Å². The number of rotatable bonds is 6. The number of amides is 3. The summed E-state index contributed by atoms with van der Waals surface area (Å²) in [5, 5.41) is 5.46. The quantitative estimate of drug-likeness (QED) is 0.748. The third kappa shape index (κ3) is 5.35. The van der Waals surface area contributed by atoms with Gasteiger partial charge in [0.25, 0.3) is 11.8 Å². The maximum absolute atomic E-state index is 12.7. The Morgan fingerprint density at radius 3 is 2.69 bits per heavy atom. The number of nitrogens with one attached hydrogen (secondary N) is 2. The summed E-state index contributed by atoms with van der Waals surface area (Å²) in [5.74, 6) is 0.162. The van der Waals surface area contributed by atoms with E-state index in [4.69, 9.17) is 9.47 Å². The fourth-order valence-corrected chi connectivity index (χ4v) is 4.65. The van der Waals surface area contributed by atoms with Gasteiger partial charge in [0.15, 0.2) is 6.61 Å². The van der Waals surface area contributed by atoms with Crippen LogP contribution in [0, 0.1) is 5.92 Å². The van der Waals surface area contributed by atoms with Crippen molar-refractivity contribution in [1.82, 2.24) is 5.32 Å². The first-order chi connectivity index (χ1) is 14.0. The van der Waals surface area contributed by atoms with Gasteiger partial charge < -0.3 is 14.8 Å². The molecule has 29 heavy (non-hydrogen) atoms. The average molecular weight is 416 g/mol. The number of benzene rings is 1. The smallest absolute Gasteiger partial charge is 0.414 e. The van der Waals surface area contributed by atoms with E-state index in [-0.39, 0.29) is 19.1 Å². The van der Waals surface area contributed by atoms with Gasteiger partial charge in [0.05, 0.1) is 12.2 Å². The number of hydrogen-bond donors (Lipinski definition) is 2. The van der Waals surface area contributed by atoms with Crippen molar-refractivity contribution in [1.29, 1.82) is 0 Å². The highest BCUT2D eigenvalue weighted by molar-refractivity contribution is 7.17. The van der Waals surface area contributed by atoms with E-state index in [0.29, 0.717) is 22.2 Å². The molecule has 1 aromatic heterocycles. The Balaban J connectivity index is 1.76. The number of para-hydroxylation sites is 1. The first kappa shape index (κ1) is 20.9. The second-order valence-electron chi connectivity index (χ2n) is 6.88. The van der Waals surface area contributed by atoms with Gasteiger partial charge in [0, 0.05) is 4.88 Å². The van der Waals surface area contributed by atoms with Crippen LogP contribution in [0.25, 0.3) is 0 Å². The van der Waals surface area contributed by atoms with E-state index in [0.717, 1.165) is 29.7 Å². The minimum absolute atomic E-state index is 0.165. The van der Waals surface area contributed by atoms with Gasteiger partial charge in [-0.2, -0.15) is 0 Å². The summed E-state index contributed by atoms with van der Waals surface area (Å²) in [7, 11) is 0. The van der Waals surface area contributed by atoms with E-state index in [2.05, 4.69) is 17.6 Å². The van der Waals surface area contributed by atoms with Gasteiger partial charge in [-0.25, -0.2) is 4.79 Å². The lowest BCUT2D eigenvalue weighted by atomic mass is 9.88. The molecule has 0 spiro atoms. The van der Waals surface area contributed by atoms with Crippen molar-refractivity contribution in [3.05, 3.63) is 46.3 Å². The molecule has 1 aliphatic carbocycles. The summed E-state index contributed by atoms with van der Waals surface area (Å²) in [6, 6.07) is 9.02. The number of carbonyl (C=O) groups excluding carboxylic acids is 3. The standard InChI is InChI=1S/C21H24N2O5S/c1-3-27-21(26)23-19(25)18-15-10-9-13(2)11-16(15)29-20(18)22-17(24)12-28-14-7-5-4-6-8-14/h4-8,13H,3,9-12H2,1-2H3,(H,22,24)(H,23,25,26)/t13-/m1/s1. The number of hydrogen-bond acceptors (Lipinski definition) is 6. The molecule has 1 heterocycles. The molecule has 8 heteroatoms. The van der Waals surface area contributed by atoms with E-state index in [9.17, 15) is 14.4 Å². The van der Waals surface area contributed by atoms with Crippen LogP contribution in [0.5, 0.6) is 5.75 Å². The molecule has 0 fully saturated rings. The number of thiophene rings is 1. The van der Waals surface area contributed by atoms with Crippen molar-refractivity contribution in [2.24, 2.45) is 5.92 Å². The van der Waals surface area contributed by atoms with Crippen LogP contribution in [0.3, 0.4) is 0 Å². The maximum atomic E-state index is 12.7. The van der Waals surface area contributed by atoms with Crippen LogP contribution >= 0.6 is 11.3 Å². The fraction of sp³-hybridized carbons (Fsp3) is 0.381. The molecule has 0 bridgehead atoms. The summed E-state index contributed by atoms with van der Waals surface area (Å²) in [5.41, 5.74) is 1.24. The molecule has 7 nitrogen and oxygen atoms in total. The van der Waals surface area contributed by atoms with Gasteiger partial charge in [-0.15, -0.1) is 11.3 Å². The Hall–Kier alpha value is -2.87. The first-order valence-corrected chi connectivity index (χ1v) is 10.4. The van der Waals surface area contributed by atoms with Gasteiger partial charge in [-0.1, -0.05) is 25.1 Å². The molecule has 0 unspecified atom stereocenters. The molecule has 2 N–H and O–H groups in total. The predicted molar refractivity (Wildman–Crippen MR) is 111 cm³/mol. The molecule has 3 rings (SSSR count). The number of alkyl carbamates (subject to hydrolysis) is 1. The largest absolute Gasteiger partial charge is 0.484 e. The Morgan fingerprint density at radius 1 is 1.21 bits per heavy atom. The van der Waals surface area contributed by atoms with Crippen LogP contribution in [-0.4, -0.2) is 31.1 Å². The van der Waals surface area contributed by atoms with E-state index in [1.54, 1.807) is 19.1 Å². The highest BCUT2D eigenvalue weighted by atomic mass is 32.1. The molecular weight excluding hydrogens is 392 g/mol. The Morgan fingerprint density at radius 2 is 1.97 bits per heavy atom. The first-order valence-electron chi connectivity index (χ1n) is 9.58. The molecule has 0 saturated heterocycles. The van der Waals surface area contributed by atoms with Crippen LogP contribution in [0.2, 0.25) is 0 Å². The molecule has 0 radical (unpaired) electrons. The monoisotopic (exact) mass is 416 g/mol. The topological polar surface area (TPSA) is 93.7 Å². The van der Waals surface area contributed by atoms with Crippen molar-refractivity contribution in [2.75, 3.05) is 18.5 Å². The summed E-state index contributed by atoms with van der Waals surface area (Å²) in [6.45, 7) is 3.81. The Bertz CT molecular complexity index is 894. The average Bonchev–Trinajstić information content (AvgIpc) is 3.04. The zero-order valence-electron chi connectivity index (χ0n) is 16.4. The number of fused-ring (bicyclic) bond motifs is 1. The number of imide groups is 1. The Labute approximate surface area is 173 Å². The molecule has 154 valence electrons. The lowest BCUT2D eigenvalue weighted by Gasteiger charge is -2.18. The zero-order valence-corrected chi connectivity index (χ0v) is 17.3. The summed E-state index contributed by atoms with van der Waals surface area (Å²) < 4.78 is 10.3. The molecule has 0 saturated carbocycles. The SMILES string of the molecule is CCOC(=O)NC(=O)c1c(NC(=O)COc2ccccc2)sc2c1CC[C@@H](C)C2. The second-order valence-corrected chi connectivity index (χ2v) is 7.99. The van der Waals surface area contributed by atoms with Crippen LogP contribution in [-0.2, 0) is 22.4 Å². The molecule has 0 aliphatic heterocycles. The molecule has 2 aromatic rings. The van der Waals surface area contributed by atoms with Gasteiger partial charge in [0.1, 0.15) is 10.8 Å². The third-order valence-corrected chi connectivity index (χ3v) is 5.77. The lowest BCUT2D eigenvalue weighted by Crippen LogP contribution is -2.32. The van der Waals surface area contributed by atoms with Gasteiger partial charge >= 0.3 is 6.09 Å². The van der Waals surface area contributed by atoms with Crippen LogP contribution in [0.4, 0.5) is 9.80 Å². The van der Waals surface area contributed by atoms with Crippen molar-refractivity contribution in [3.63, 3.8) is 0 Å². The van der Waals surface area contributed by atoms with Gasteiger partial charge in [-0.3, -0.25) is 14.9 Å². The molecule has 1 aromatic carbocycles. The van der Waals surface area contributed by atoms with E-state index in [1.165, 1.54) is 11.3 Å². The fourth-order valence-electron chi connectivity index (χ4n) is 3.23. The Kier molecular flexibility index (Phi) is 6.87. The predicted octanol–water partition coefficient (Wildman–Crippen LogP) is 3.78. The van der Waals surface area contributed by atoms with Crippen LogP contribution < -0.4 is 15.4 Å². The summed E-state index contributed by atoms with van der Waals surface area (Å²) in [6.07, 6.45) is 1.73. The molecule has 3 amide bonds. The van der Waals surface area contributed by atoms with Crippen molar-refractivity contribution in [2.45, 2.75) is 33.1 Å². The highest BCUT2D eigenvalue weighted by Gasteiger charge is 2.29. The van der Waals surface area contributed by atoms with E-state index in [1.807, 2.05) is 18.2 Å². The number of ether oxygens (including phenoxy) is 2. The van der Waals surface area contributed by atoms with Crippen molar-refractivity contribution < 1.29 is 23.9 Å². The minimum Gasteiger partial charge on any atom is -0.484 e. The maximum Gasteiger partial charge on any atom is 0.414 e. The highest BCUT2D eigenvalue weighted by Crippen LogP contribution is 2.39. The number of anilines is 1. The molecular formula is C21H24N2O5S. The van der Waals surface area contributed by atoms with Crippen molar-refractivity contribution >= 4 is 34.2 Å². The normalized spacial score (nSPS) is 15.2. The summed E-state index contributed by atoms with van der Waals surface area (Å²) in [4.78, 5) is 37.9. The van der Waals surface area contributed by atoms with Crippen LogP contribution in [0.15, 0.2) is 30.3 Å². The van der Waals surface area contributed by atoms with E-state index >= 15 is 0 Å². The van der Waals surface area contributed by atoms with Crippen molar-refractivity contribution in [3.8, 4) is 5.75 Å². The van der Waals surface area contributed by atoms with Crippen LogP contribution in [0.1, 0.15) is 41.1 Å². The van der Waals surface area contributed by atoms with Gasteiger partial charge in [0.2, 0.25) is 0 Å². The number of carbonyl (C=O) groups is 3. The molecule has 1 aliphatic rings. The second kappa shape index (κ2) is 9.56. The molecule has 1 atom stereocenters. The third-order valence-electron chi connectivity index (χ3n) is 4.60. The summed E-state index contributed by atoms with van der Waals surface area (Å²) >= 11 is 1.38. The van der Waals surface area contributed by atoms with Gasteiger partial charge in [-0.05, 0) is 49.8 Å². The minimum atomic E-state index is -0.800. The lowest BCUT2D eigenvalue weighted by molar-refractivity contribution is -0.118. The zero-order chi connectivity index (χ0) is 20.8.